The first-order valence-electron chi connectivity index (χ1n) is 4.24. The summed E-state index contributed by atoms with van der Waals surface area (Å²) in [4.78, 5) is 9.93. The largest absolute Gasteiger partial charge is 0.347 e. The zero-order chi connectivity index (χ0) is 9.73. The van der Waals surface area contributed by atoms with Crippen molar-refractivity contribution in [2.24, 2.45) is 0 Å². The topological polar surface area (TPSA) is 35.5 Å². The van der Waals surface area contributed by atoms with Crippen molar-refractivity contribution in [3.05, 3.63) is 24.3 Å². The first-order valence-corrected chi connectivity index (χ1v) is 4.24. The van der Waals surface area contributed by atoms with Gasteiger partial charge in [0.2, 0.25) is 0 Å². The van der Waals surface area contributed by atoms with E-state index in [1.54, 1.807) is 12.2 Å². The molecular weight excluding hydrogens is 168 g/mol. The van der Waals surface area contributed by atoms with Crippen molar-refractivity contribution in [3.63, 3.8) is 0 Å². The minimum Gasteiger partial charge on any atom is -0.347 e. The molecule has 0 spiro atoms. The Morgan fingerprint density at radius 2 is 2.08 bits per heavy atom. The average Bonchev–Trinajstić information content (AvgIpc) is 2.40. The minimum atomic E-state index is -0.483. The van der Waals surface area contributed by atoms with Crippen LogP contribution in [-0.2, 0) is 14.3 Å². The molecule has 3 heteroatoms. The molecule has 13 heavy (non-hydrogen) atoms. The van der Waals surface area contributed by atoms with Crippen LogP contribution < -0.4 is 0 Å². The van der Waals surface area contributed by atoms with Gasteiger partial charge in [-0.3, -0.25) is 4.79 Å². The smallest absolute Gasteiger partial charge is 0.163 e. The number of rotatable bonds is 3. The summed E-state index contributed by atoms with van der Waals surface area (Å²) in [6, 6.07) is 0. The molecule has 1 aliphatic heterocycles. The molecule has 1 aliphatic rings. The maximum Gasteiger partial charge on any atom is 0.163 e. The molecule has 1 fully saturated rings. The van der Waals surface area contributed by atoms with Crippen LogP contribution in [0.3, 0.4) is 0 Å². The summed E-state index contributed by atoms with van der Waals surface area (Å²) in [6.07, 6.45) is 7.48. The molecule has 1 rings (SSSR count). The van der Waals surface area contributed by atoms with Crippen LogP contribution in [0.2, 0.25) is 0 Å². The second-order valence-corrected chi connectivity index (χ2v) is 3.27. The van der Waals surface area contributed by atoms with Gasteiger partial charge in [-0.1, -0.05) is 18.2 Å². The second kappa shape index (κ2) is 4.35. The summed E-state index contributed by atoms with van der Waals surface area (Å²) >= 11 is 0. The molecule has 0 radical (unpaired) electrons. The van der Waals surface area contributed by atoms with Crippen LogP contribution in [-0.4, -0.2) is 24.8 Å². The first-order chi connectivity index (χ1) is 6.14. The third kappa shape index (κ3) is 3.53. The molecule has 0 aromatic rings. The summed E-state index contributed by atoms with van der Waals surface area (Å²) in [7, 11) is 0. The average molecular weight is 182 g/mol. The lowest BCUT2D eigenvalue weighted by Crippen LogP contribution is -2.20. The number of aldehydes is 1. The Kier molecular flexibility index (Phi) is 3.39. The van der Waals surface area contributed by atoms with Crippen LogP contribution in [0.4, 0.5) is 0 Å². The van der Waals surface area contributed by atoms with Crippen molar-refractivity contribution in [2.45, 2.75) is 25.7 Å². The maximum absolute atomic E-state index is 9.93. The summed E-state index contributed by atoms with van der Waals surface area (Å²) in [6.45, 7) is 4.32. The fourth-order valence-corrected chi connectivity index (χ4v) is 1.11. The summed E-state index contributed by atoms with van der Waals surface area (Å²) in [5.74, 6) is -0.483. The third-order valence-corrected chi connectivity index (χ3v) is 1.66. The van der Waals surface area contributed by atoms with Gasteiger partial charge in [-0.15, -0.1) is 0 Å². The molecule has 0 saturated carbocycles. The van der Waals surface area contributed by atoms with Gasteiger partial charge >= 0.3 is 0 Å². The van der Waals surface area contributed by atoms with Crippen molar-refractivity contribution >= 4 is 6.29 Å². The molecular formula is C10H14O3. The molecule has 0 amide bonds. The molecule has 1 heterocycles. The van der Waals surface area contributed by atoms with Crippen molar-refractivity contribution < 1.29 is 14.3 Å². The van der Waals surface area contributed by atoms with E-state index in [1.807, 2.05) is 19.9 Å². The molecule has 0 aromatic carbocycles. The lowest BCUT2D eigenvalue weighted by Gasteiger charge is -2.15. The van der Waals surface area contributed by atoms with E-state index in [9.17, 15) is 4.79 Å². The Hall–Kier alpha value is -0.930. The molecule has 72 valence electrons. The number of ether oxygens (including phenoxy) is 2. The molecule has 0 aliphatic carbocycles. The van der Waals surface area contributed by atoms with E-state index in [0.717, 1.165) is 6.29 Å². The molecule has 3 nitrogen and oxygen atoms in total. The number of hydrogen-bond donors (Lipinski definition) is 0. The van der Waals surface area contributed by atoms with E-state index in [0.29, 0.717) is 6.61 Å². The van der Waals surface area contributed by atoms with Crippen LogP contribution in [0.15, 0.2) is 24.3 Å². The lowest BCUT2D eigenvalue weighted by atomic mass is 10.3. The number of carbonyl (C=O) groups excluding carboxylic acids is 1. The first kappa shape index (κ1) is 10.2. The molecule has 0 aromatic heterocycles. The van der Waals surface area contributed by atoms with E-state index in [-0.39, 0.29) is 6.10 Å². The summed E-state index contributed by atoms with van der Waals surface area (Å²) in [5, 5.41) is 0. The Bertz CT molecular complexity index is 228. The van der Waals surface area contributed by atoms with E-state index in [1.165, 1.54) is 6.08 Å². The van der Waals surface area contributed by atoms with E-state index in [2.05, 4.69) is 0 Å². The number of allylic oxidation sites excluding steroid dienone is 3. The van der Waals surface area contributed by atoms with Gasteiger partial charge in [0, 0.05) is 0 Å². The zero-order valence-corrected chi connectivity index (χ0v) is 7.90. The van der Waals surface area contributed by atoms with Crippen molar-refractivity contribution in [3.8, 4) is 0 Å². The van der Waals surface area contributed by atoms with Crippen molar-refractivity contribution in [2.75, 3.05) is 6.61 Å². The van der Waals surface area contributed by atoms with Gasteiger partial charge in [0.1, 0.15) is 12.4 Å². The number of carbonyl (C=O) groups is 1. The second-order valence-electron chi connectivity index (χ2n) is 3.27. The summed E-state index contributed by atoms with van der Waals surface area (Å²) in [5.41, 5.74) is 0. The maximum atomic E-state index is 9.93. The highest BCUT2D eigenvalue weighted by Gasteiger charge is 2.30. The van der Waals surface area contributed by atoms with Crippen LogP contribution in [0, 0.1) is 0 Å². The van der Waals surface area contributed by atoms with E-state index >= 15 is 0 Å². The van der Waals surface area contributed by atoms with Crippen molar-refractivity contribution in [1.82, 2.24) is 0 Å². The Morgan fingerprint density at radius 1 is 1.31 bits per heavy atom. The summed E-state index contributed by atoms with van der Waals surface area (Å²) < 4.78 is 10.8. The Balaban J connectivity index is 2.36. The van der Waals surface area contributed by atoms with Gasteiger partial charge in [-0.05, 0) is 19.9 Å². The van der Waals surface area contributed by atoms with Crippen LogP contribution in [0.5, 0.6) is 0 Å². The van der Waals surface area contributed by atoms with E-state index in [4.69, 9.17) is 9.47 Å². The highest BCUT2D eigenvalue weighted by Crippen LogP contribution is 2.22. The van der Waals surface area contributed by atoms with Gasteiger partial charge in [0.25, 0.3) is 0 Å². The normalized spacial score (nSPS) is 27.4. The minimum absolute atomic E-state index is 0.00805. The predicted molar refractivity (Wildman–Crippen MR) is 49.2 cm³/mol. The molecule has 0 N–H and O–H groups in total. The fraction of sp³-hybridized carbons (Fsp3) is 0.500. The van der Waals surface area contributed by atoms with Crippen LogP contribution >= 0.6 is 0 Å². The molecule has 1 atom stereocenters. The monoisotopic (exact) mass is 182 g/mol. The van der Waals surface area contributed by atoms with Crippen LogP contribution in [0.1, 0.15) is 13.8 Å². The fourth-order valence-electron chi connectivity index (χ4n) is 1.11. The van der Waals surface area contributed by atoms with Crippen LogP contribution in [0.25, 0.3) is 0 Å². The van der Waals surface area contributed by atoms with Gasteiger partial charge in [0.05, 0.1) is 6.61 Å². The standard InChI is InChI=1S/C10H14O3/c1-10(2)12-8-9(13-10)6-4-3-5-7-11/h3-7,9H,8H2,1-2H3/b5-3+,6-4+/t9-/m0/s1. The van der Waals surface area contributed by atoms with Gasteiger partial charge < -0.3 is 9.47 Å². The van der Waals surface area contributed by atoms with Crippen molar-refractivity contribution in [1.29, 1.82) is 0 Å². The lowest BCUT2D eigenvalue weighted by molar-refractivity contribution is -0.133. The molecule has 0 bridgehead atoms. The quantitative estimate of drug-likeness (QED) is 0.376. The third-order valence-electron chi connectivity index (χ3n) is 1.66. The van der Waals surface area contributed by atoms with Gasteiger partial charge in [-0.25, -0.2) is 0 Å². The highest BCUT2D eigenvalue weighted by atomic mass is 16.7. The Morgan fingerprint density at radius 3 is 2.62 bits per heavy atom. The SMILES string of the molecule is CC1(C)OC[C@H](/C=C/C=C/C=O)O1. The molecule has 1 saturated heterocycles. The predicted octanol–water partition coefficient (Wildman–Crippen LogP) is 1.45. The number of hydrogen-bond acceptors (Lipinski definition) is 3. The zero-order valence-electron chi connectivity index (χ0n) is 7.90. The highest BCUT2D eigenvalue weighted by molar-refractivity contribution is 5.65. The molecule has 0 unspecified atom stereocenters. The van der Waals surface area contributed by atoms with Gasteiger partial charge in [0.15, 0.2) is 5.79 Å². The van der Waals surface area contributed by atoms with E-state index < -0.39 is 5.79 Å². The van der Waals surface area contributed by atoms with Gasteiger partial charge in [-0.2, -0.15) is 0 Å². The Labute approximate surface area is 78.0 Å².